The summed E-state index contributed by atoms with van der Waals surface area (Å²) in [6.45, 7) is 15.3. The van der Waals surface area contributed by atoms with Gasteiger partial charge in [0.05, 0.1) is 34.5 Å². The number of pyridine rings is 1. The van der Waals surface area contributed by atoms with Crippen molar-refractivity contribution in [1.29, 1.82) is 0 Å². The smallest absolute Gasteiger partial charge is 0.328 e. The first-order valence-electron chi connectivity index (χ1n) is 23.1. The van der Waals surface area contributed by atoms with E-state index in [1.54, 1.807) is 53.1 Å². The molecule has 0 spiro atoms. The number of imidazole rings is 1. The molecular formula is C49H68Cl2N12O5. The summed E-state index contributed by atoms with van der Waals surface area (Å²) in [4.78, 5) is 59.8. The van der Waals surface area contributed by atoms with Crippen molar-refractivity contribution < 1.29 is 14.6 Å². The van der Waals surface area contributed by atoms with Crippen molar-refractivity contribution in [3.05, 3.63) is 85.7 Å². The van der Waals surface area contributed by atoms with Crippen LogP contribution in [0, 0.1) is 0 Å². The Morgan fingerprint density at radius 2 is 1.31 bits per heavy atom. The van der Waals surface area contributed by atoms with Crippen molar-refractivity contribution in [2.75, 3.05) is 60.3 Å². The average molecular weight is 976 g/mol. The molecule has 2 aliphatic heterocycles. The number of benzene rings is 2. The SMILES string of the molecule is C.CC.CNC(=O)COc1cc2cc(Nc3nc(N4CCCCC4)ncc3Cl)ccc2n(C(C)C)c1=O.Cn1c(=O)n(CCC(C)(C)O)c2cc(Nc3nc(N4CCCCC4)ncc3Cl)ccc21. The molecule has 6 heterocycles. The second-order valence-corrected chi connectivity index (χ2v) is 18.2. The van der Waals surface area contributed by atoms with E-state index < -0.39 is 5.60 Å². The highest BCUT2D eigenvalue weighted by molar-refractivity contribution is 6.33. The Bertz CT molecular complexity index is 2770. The molecule has 0 atom stereocenters. The Hall–Kier alpha value is -5.91. The number of hydrogen-bond donors (Lipinski definition) is 4. The van der Waals surface area contributed by atoms with Crippen molar-refractivity contribution >= 4 is 86.0 Å². The van der Waals surface area contributed by atoms with E-state index in [0.29, 0.717) is 46.5 Å². The van der Waals surface area contributed by atoms with Gasteiger partial charge in [0.15, 0.2) is 24.0 Å². The van der Waals surface area contributed by atoms with Gasteiger partial charge in [-0.05, 0) is 115 Å². The number of nitrogens with zero attached hydrogens (tertiary/aromatic N) is 9. The molecule has 2 saturated heterocycles. The number of hydrogen-bond acceptors (Lipinski definition) is 13. The van der Waals surface area contributed by atoms with Gasteiger partial charge in [0.2, 0.25) is 11.9 Å². The molecule has 0 saturated carbocycles. The van der Waals surface area contributed by atoms with Crippen LogP contribution >= 0.6 is 23.2 Å². The van der Waals surface area contributed by atoms with Crippen LogP contribution in [0.25, 0.3) is 21.9 Å². The fourth-order valence-corrected chi connectivity index (χ4v) is 8.25. The maximum absolute atomic E-state index is 13.0. The number of carbonyl (C=O) groups excluding carboxylic acids is 1. The predicted octanol–water partition coefficient (Wildman–Crippen LogP) is 9.23. The van der Waals surface area contributed by atoms with Gasteiger partial charge in [-0.25, -0.2) is 14.8 Å². The highest BCUT2D eigenvalue weighted by atomic mass is 35.5. The molecule has 17 nitrogen and oxygen atoms in total. The standard InChI is InChI=1S/C24H29ClN6O3.C22H29ClN6O2.C2H6.CH4/c1-15(2)31-19-8-7-17(11-16(19)12-20(23(31)33)34-14-21(32)26-3)28-22-18(25)13-27-24(29-22)30-9-5-4-6-10-30;1-22(2,31)9-12-29-18-13-15(7-8-17(18)27(3)21(29)30)25-19-16(23)14-24-20(26-19)28-10-5-4-6-11-28;1-2;/h7-8,11-13,15H,4-6,9-10,14H2,1-3H3,(H,26,32)(H,27,28,29);7-8,13-14,31H,4-6,9-12H2,1-3H3,(H,24,25,26);1-2H3;1H4. The van der Waals surface area contributed by atoms with E-state index in [9.17, 15) is 19.5 Å². The van der Waals surface area contributed by atoms with Crippen LogP contribution in [0.2, 0.25) is 10.0 Å². The van der Waals surface area contributed by atoms with Gasteiger partial charge in [-0.15, -0.1) is 0 Å². The van der Waals surface area contributed by atoms with Crippen molar-refractivity contribution in [3.63, 3.8) is 0 Å². The minimum atomic E-state index is -0.850. The lowest BCUT2D eigenvalue weighted by Gasteiger charge is -2.27. The van der Waals surface area contributed by atoms with Crippen LogP contribution < -0.4 is 41.7 Å². The topological polar surface area (TPSA) is 190 Å². The number of amides is 1. The van der Waals surface area contributed by atoms with Crippen LogP contribution in [-0.4, -0.2) is 90.1 Å². The van der Waals surface area contributed by atoms with E-state index >= 15 is 0 Å². The number of ether oxygens (including phenoxy) is 1. The number of halogens is 2. The number of aromatic nitrogens is 7. The lowest BCUT2D eigenvalue weighted by Crippen LogP contribution is -2.31. The summed E-state index contributed by atoms with van der Waals surface area (Å²) in [5.74, 6) is 2.20. The molecule has 0 unspecified atom stereocenters. The third-order valence-corrected chi connectivity index (χ3v) is 12.1. The molecule has 0 radical (unpaired) electrons. The minimum Gasteiger partial charge on any atom is -0.478 e. The number of piperidine rings is 2. The van der Waals surface area contributed by atoms with Crippen LogP contribution in [-0.2, 0) is 18.4 Å². The molecule has 0 bridgehead atoms. The second kappa shape index (κ2) is 23.9. The molecule has 0 aliphatic carbocycles. The van der Waals surface area contributed by atoms with Crippen molar-refractivity contribution in [3.8, 4) is 5.75 Å². The Labute approximate surface area is 408 Å². The molecule has 2 fully saturated rings. The van der Waals surface area contributed by atoms with Gasteiger partial charge in [0.1, 0.15) is 10.0 Å². The number of aryl methyl sites for hydroxylation is 2. The summed E-state index contributed by atoms with van der Waals surface area (Å²) in [5, 5.41) is 20.8. The number of anilines is 6. The highest BCUT2D eigenvalue weighted by Gasteiger charge is 2.20. The molecule has 2 aromatic carbocycles. The zero-order valence-electron chi connectivity index (χ0n) is 39.8. The highest BCUT2D eigenvalue weighted by Crippen LogP contribution is 2.31. The quantitative estimate of drug-likeness (QED) is 0.0858. The van der Waals surface area contributed by atoms with E-state index in [1.165, 1.54) is 19.9 Å². The third kappa shape index (κ3) is 13.0. The van der Waals surface area contributed by atoms with E-state index in [4.69, 9.17) is 27.9 Å². The van der Waals surface area contributed by atoms with Gasteiger partial charge in [-0.2, -0.15) is 9.97 Å². The molecule has 2 aliphatic rings. The number of likely N-dealkylation sites (N-methyl/N-ethyl adjacent to an activating group) is 1. The summed E-state index contributed by atoms with van der Waals surface area (Å²) in [6, 6.07) is 12.9. The Morgan fingerprint density at radius 1 is 0.794 bits per heavy atom. The lowest BCUT2D eigenvalue weighted by atomic mass is 10.1. The van der Waals surface area contributed by atoms with Gasteiger partial charge in [0, 0.05) is 69.6 Å². The van der Waals surface area contributed by atoms with Crippen LogP contribution in [0.5, 0.6) is 5.75 Å². The lowest BCUT2D eigenvalue weighted by molar-refractivity contribution is -0.122. The minimum absolute atomic E-state index is 0. The first-order valence-corrected chi connectivity index (χ1v) is 23.9. The molecule has 4 aromatic heterocycles. The monoisotopic (exact) mass is 974 g/mol. The number of rotatable bonds is 13. The Morgan fingerprint density at radius 3 is 1.81 bits per heavy atom. The molecule has 68 heavy (non-hydrogen) atoms. The average Bonchev–Trinajstić information content (AvgIpc) is 3.56. The molecule has 8 rings (SSSR count). The first-order chi connectivity index (χ1) is 32.1. The van der Waals surface area contributed by atoms with Gasteiger partial charge >= 0.3 is 5.69 Å². The zero-order chi connectivity index (χ0) is 48.4. The fraction of sp³-hybridized carbons (Fsp3) is 0.490. The zero-order valence-corrected chi connectivity index (χ0v) is 41.3. The van der Waals surface area contributed by atoms with Crippen molar-refractivity contribution in [2.24, 2.45) is 7.05 Å². The summed E-state index contributed by atoms with van der Waals surface area (Å²) >= 11 is 12.8. The summed E-state index contributed by atoms with van der Waals surface area (Å²) < 4.78 is 10.5. The molecule has 368 valence electrons. The number of aliphatic hydroxyl groups is 1. The first kappa shape index (κ1) is 53.1. The van der Waals surface area contributed by atoms with Crippen molar-refractivity contribution in [2.45, 2.75) is 112 Å². The number of carbonyl (C=O) groups is 1. The number of nitrogens with one attached hydrogen (secondary N) is 3. The van der Waals surface area contributed by atoms with Crippen LogP contribution in [0.4, 0.5) is 34.9 Å². The van der Waals surface area contributed by atoms with Crippen LogP contribution in [0.3, 0.4) is 0 Å². The van der Waals surface area contributed by atoms with E-state index in [-0.39, 0.29) is 43.0 Å². The molecule has 4 N–H and O–H groups in total. The summed E-state index contributed by atoms with van der Waals surface area (Å²) in [6.07, 6.45) is 10.7. The normalized spacial score (nSPS) is 13.8. The predicted molar refractivity (Wildman–Crippen MR) is 277 cm³/mol. The maximum Gasteiger partial charge on any atom is 0.328 e. The van der Waals surface area contributed by atoms with Gasteiger partial charge in [-0.3, -0.25) is 18.7 Å². The molecule has 1 amide bonds. The van der Waals surface area contributed by atoms with E-state index in [0.717, 1.165) is 85.2 Å². The van der Waals surface area contributed by atoms with Crippen molar-refractivity contribution in [1.82, 2.24) is 39.0 Å². The maximum atomic E-state index is 13.0. The van der Waals surface area contributed by atoms with Gasteiger partial charge in [0.25, 0.3) is 11.5 Å². The molecule has 6 aromatic rings. The molecule has 19 heteroatoms. The van der Waals surface area contributed by atoms with Gasteiger partial charge in [-0.1, -0.05) is 44.5 Å². The van der Waals surface area contributed by atoms with E-state index in [2.05, 4.69) is 45.7 Å². The second-order valence-electron chi connectivity index (χ2n) is 17.4. The Kier molecular flexibility index (Phi) is 18.6. The summed E-state index contributed by atoms with van der Waals surface area (Å²) in [7, 11) is 3.27. The largest absolute Gasteiger partial charge is 0.478 e. The van der Waals surface area contributed by atoms with E-state index in [1.807, 2.05) is 64.1 Å². The van der Waals surface area contributed by atoms with Crippen LogP contribution in [0.15, 0.2) is 64.4 Å². The number of fused-ring (bicyclic) bond motifs is 2. The van der Waals surface area contributed by atoms with Crippen LogP contribution in [0.1, 0.15) is 100.0 Å². The van der Waals surface area contributed by atoms with Gasteiger partial charge < -0.3 is 40.2 Å². The fourth-order valence-electron chi connectivity index (χ4n) is 7.98. The molecular weight excluding hydrogens is 908 g/mol. The third-order valence-electron chi connectivity index (χ3n) is 11.5. The Balaban J connectivity index is 0.000000243. The summed E-state index contributed by atoms with van der Waals surface area (Å²) in [5.41, 5.74) is 2.68.